The molecule has 112 valence electrons. The molecule has 0 aliphatic rings. The zero-order valence-corrected chi connectivity index (χ0v) is 13.2. The number of benzene rings is 2. The number of methoxy groups -OCH3 is 1. The van der Waals surface area contributed by atoms with Crippen LogP contribution in [-0.4, -0.2) is 19.1 Å². The lowest BCUT2D eigenvalue weighted by molar-refractivity contribution is -0.142. The molecule has 2 rings (SSSR count). The van der Waals surface area contributed by atoms with Gasteiger partial charge in [-0.05, 0) is 35.2 Å². The normalized spacial score (nSPS) is 11.4. The van der Waals surface area contributed by atoms with Crippen molar-refractivity contribution >= 4 is 30.0 Å². The van der Waals surface area contributed by atoms with Crippen LogP contribution in [0.2, 0.25) is 5.02 Å². The molecule has 0 bridgehead atoms. The Morgan fingerprint density at radius 2 is 1.57 bits per heavy atom. The third-order valence-electron chi connectivity index (χ3n) is 3.09. The van der Waals surface area contributed by atoms with Crippen molar-refractivity contribution in [3.05, 3.63) is 59.1 Å². The van der Waals surface area contributed by atoms with Crippen LogP contribution < -0.4 is 5.73 Å². The summed E-state index contributed by atoms with van der Waals surface area (Å²) in [7, 11) is 1.34. The number of nitrogens with two attached hydrogens (primary N) is 1. The van der Waals surface area contributed by atoms with Gasteiger partial charge in [0.2, 0.25) is 0 Å². The fourth-order valence-corrected chi connectivity index (χ4v) is 2.09. The van der Waals surface area contributed by atoms with Crippen molar-refractivity contribution < 1.29 is 9.53 Å². The smallest absolute Gasteiger partial charge is 0.322 e. The molecule has 0 aliphatic carbocycles. The van der Waals surface area contributed by atoms with Gasteiger partial charge in [0.25, 0.3) is 0 Å². The molecule has 0 unspecified atom stereocenters. The van der Waals surface area contributed by atoms with Crippen LogP contribution in [-0.2, 0) is 16.0 Å². The Labute approximate surface area is 135 Å². The predicted octanol–water partition coefficient (Wildman–Crippen LogP) is 3.47. The maximum Gasteiger partial charge on any atom is 0.322 e. The van der Waals surface area contributed by atoms with Crippen molar-refractivity contribution in [2.75, 3.05) is 7.11 Å². The van der Waals surface area contributed by atoms with Gasteiger partial charge >= 0.3 is 5.97 Å². The summed E-state index contributed by atoms with van der Waals surface area (Å²) in [6.45, 7) is 0. The molecule has 0 spiro atoms. The lowest BCUT2D eigenvalue weighted by atomic mass is 10.0. The minimum Gasteiger partial charge on any atom is -0.468 e. The highest BCUT2D eigenvalue weighted by atomic mass is 35.5. The Morgan fingerprint density at radius 3 is 2.05 bits per heavy atom. The summed E-state index contributed by atoms with van der Waals surface area (Å²) in [6, 6.07) is 15.0. The number of halogens is 2. The number of hydrogen-bond acceptors (Lipinski definition) is 3. The maximum absolute atomic E-state index is 11.3. The van der Waals surface area contributed by atoms with Crippen LogP contribution in [0.1, 0.15) is 5.56 Å². The molecule has 0 amide bonds. The van der Waals surface area contributed by atoms with E-state index < -0.39 is 12.0 Å². The summed E-state index contributed by atoms with van der Waals surface area (Å²) >= 11 is 5.87. The maximum atomic E-state index is 11.3. The van der Waals surface area contributed by atoms with Crippen molar-refractivity contribution in [1.82, 2.24) is 0 Å². The van der Waals surface area contributed by atoms with Crippen LogP contribution in [0.25, 0.3) is 11.1 Å². The number of carbonyl (C=O) groups is 1. The van der Waals surface area contributed by atoms with Crippen LogP contribution in [0, 0.1) is 0 Å². The first-order valence-corrected chi connectivity index (χ1v) is 6.66. The summed E-state index contributed by atoms with van der Waals surface area (Å²) in [5, 5.41) is 0.717. The van der Waals surface area contributed by atoms with Crippen molar-refractivity contribution in [1.29, 1.82) is 0 Å². The van der Waals surface area contributed by atoms with Gasteiger partial charge in [-0.1, -0.05) is 48.0 Å². The molecular weight excluding hydrogens is 309 g/mol. The minimum absolute atomic E-state index is 0. The van der Waals surface area contributed by atoms with Crippen LogP contribution in [0.15, 0.2) is 48.5 Å². The van der Waals surface area contributed by atoms with Crippen LogP contribution in [0.5, 0.6) is 0 Å². The molecule has 0 aliphatic heterocycles. The Kier molecular flexibility index (Phi) is 6.69. The summed E-state index contributed by atoms with van der Waals surface area (Å²) in [5.74, 6) is -0.397. The number of carbonyl (C=O) groups excluding carboxylic acids is 1. The number of rotatable bonds is 4. The van der Waals surface area contributed by atoms with Gasteiger partial charge in [0.15, 0.2) is 0 Å². The van der Waals surface area contributed by atoms with E-state index in [9.17, 15) is 4.79 Å². The molecule has 2 N–H and O–H groups in total. The summed E-state index contributed by atoms with van der Waals surface area (Å²) in [4.78, 5) is 11.3. The van der Waals surface area contributed by atoms with Crippen molar-refractivity contribution in [2.24, 2.45) is 5.73 Å². The van der Waals surface area contributed by atoms with Gasteiger partial charge in [-0.25, -0.2) is 0 Å². The van der Waals surface area contributed by atoms with E-state index in [1.807, 2.05) is 48.5 Å². The van der Waals surface area contributed by atoms with E-state index in [-0.39, 0.29) is 12.4 Å². The molecule has 0 aromatic heterocycles. The second kappa shape index (κ2) is 8.03. The highest BCUT2D eigenvalue weighted by Gasteiger charge is 2.13. The fourth-order valence-electron chi connectivity index (χ4n) is 1.96. The van der Waals surface area contributed by atoms with Gasteiger partial charge in [-0.3, -0.25) is 4.79 Å². The van der Waals surface area contributed by atoms with E-state index in [0.29, 0.717) is 6.42 Å². The monoisotopic (exact) mass is 325 g/mol. The zero-order valence-electron chi connectivity index (χ0n) is 11.6. The Bertz CT molecular complexity index is 582. The fraction of sp³-hybridized carbons (Fsp3) is 0.188. The minimum atomic E-state index is -0.624. The molecule has 2 aromatic rings. The highest BCUT2D eigenvalue weighted by molar-refractivity contribution is 6.30. The van der Waals surface area contributed by atoms with Gasteiger partial charge in [0.1, 0.15) is 6.04 Å². The molecule has 0 fully saturated rings. The average molecular weight is 326 g/mol. The Morgan fingerprint density at radius 1 is 1.10 bits per heavy atom. The Hall–Kier alpha value is -1.55. The van der Waals surface area contributed by atoms with E-state index in [2.05, 4.69) is 4.74 Å². The van der Waals surface area contributed by atoms with Gasteiger partial charge in [0.05, 0.1) is 7.11 Å². The first-order valence-electron chi connectivity index (χ1n) is 6.28. The largest absolute Gasteiger partial charge is 0.468 e. The number of esters is 1. The van der Waals surface area contributed by atoms with E-state index >= 15 is 0 Å². The van der Waals surface area contributed by atoms with Gasteiger partial charge in [0, 0.05) is 5.02 Å². The second-order valence-corrected chi connectivity index (χ2v) is 4.97. The molecule has 0 radical (unpaired) electrons. The first kappa shape index (κ1) is 17.5. The van der Waals surface area contributed by atoms with E-state index in [0.717, 1.165) is 21.7 Å². The third-order valence-corrected chi connectivity index (χ3v) is 3.34. The van der Waals surface area contributed by atoms with Gasteiger partial charge < -0.3 is 10.5 Å². The quantitative estimate of drug-likeness (QED) is 0.875. The highest BCUT2D eigenvalue weighted by Crippen LogP contribution is 2.22. The summed E-state index contributed by atoms with van der Waals surface area (Å²) < 4.78 is 4.61. The lowest BCUT2D eigenvalue weighted by Gasteiger charge is -2.10. The zero-order chi connectivity index (χ0) is 14.5. The summed E-state index contributed by atoms with van der Waals surface area (Å²) in [5.41, 5.74) is 8.93. The standard InChI is InChI=1S/C16H16ClNO2.ClH/c1-20-16(19)15(18)10-11-2-4-12(5-3-11)13-6-8-14(17)9-7-13;/h2-9,15H,10,18H2,1H3;1H/t15-;/m0./s1. The third kappa shape index (κ3) is 4.74. The second-order valence-electron chi connectivity index (χ2n) is 4.54. The molecule has 0 saturated heterocycles. The van der Waals surface area contributed by atoms with Crippen molar-refractivity contribution in [3.8, 4) is 11.1 Å². The van der Waals surface area contributed by atoms with E-state index in [4.69, 9.17) is 17.3 Å². The van der Waals surface area contributed by atoms with Gasteiger partial charge in [-0.15, -0.1) is 12.4 Å². The van der Waals surface area contributed by atoms with Crippen LogP contribution >= 0.6 is 24.0 Å². The average Bonchev–Trinajstić information content (AvgIpc) is 2.48. The van der Waals surface area contributed by atoms with Gasteiger partial charge in [-0.2, -0.15) is 0 Å². The molecule has 3 nitrogen and oxygen atoms in total. The van der Waals surface area contributed by atoms with Crippen LogP contribution in [0.4, 0.5) is 0 Å². The molecular formula is C16H17Cl2NO2. The lowest BCUT2D eigenvalue weighted by Crippen LogP contribution is -2.33. The van der Waals surface area contributed by atoms with E-state index in [1.165, 1.54) is 7.11 Å². The molecule has 1 atom stereocenters. The predicted molar refractivity (Wildman–Crippen MR) is 87.8 cm³/mol. The Balaban J connectivity index is 0.00000220. The first-order chi connectivity index (χ1) is 9.60. The van der Waals surface area contributed by atoms with Crippen molar-refractivity contribution in [2.45, 2.75) is 12.5 Å². The number of ether oxygens (including phenoxy) is 1. The van der Waals surface area contributed by atoms with Crippen molar-refractivity contribution in [3.63, 3.8) is 0 Å². The molecule has 5 heteroatoms. The molecule has 2 aromatic carbocycles. The summed E-state index contributed by atoms with van der Waals surface area (Å²) in [6.07, 6.45) is 0.466. The molecule has 0 saturated carbocycles. The molecule has 21 heavy (non-hydrogen) atoms. The van der Waals surface area contributed by atoms with Crippen LogP contribution in [0.3, 0.4) is 0 Å². The number of hydrogen-bond donors (Lipinski definition) is 1. The molecule has 0 heterocycles. The topological polar surface area (TPSA) is 52.3 Å². The van der Waals surface area contributed by atoms with E-state index in [1.54, 1.807) is 0 Å². The SMILES string of the molecule is COC(=O)[C@@H](N)Cc1ccc(-c2ccc(Cl)cc2)cc1.Cl.